The van der Waals surface area contributed by atoms with E-state index in [0.29, 0.717) is 0 Å². The van der Waals surface area contributed by atoms with Gasteiger partial charge in [-0.3, -0.25) is 4.79 Å². The fourth-order valence-electron chi connectivity index (χ4n) is 1.27. The quantitative estimate of drug-likeness (QED) is 0.777. The fourth-order valence-corrected chi connectivity index (χ4v) is 2.00. The first-order valence-electron chi connectivity index (χ1n) is 4.79. The summed E-state index contributed by atoms with van der Waals surface area (Å²) in [5.41, 5.74) is -1.95. The van der Waals surface area contributed by atoms with Crippen molar-refractivity contribution in [3.05, 3.63) is 16.6 Å². The lowest BCUT2D eigenvalue weighted by Crippen LogP contribution is -2.39. The second-order valence-corrected chi connectivity index (χ2v) is 4.19. The number of ketones is 1. The van der Waals surface area contributed by atoms with Gasteiger partial charge in [-0.25, -0.2) is 9.78 Å². The molecular weight excluding hydrogens is 230 g/mol. The monoisotopic (exact) mass is 243 g/mol. The molecule has 6 heteroatoms. The van der Waals surface area contributed by atoms with Crippen molar-refractivity contribution in [1.29, 1.82) is 0 Å². The number of carbonyl (C=O) groups excluding carboxylic acids is 2. The van der Waals surface area contributed by atoms with Crippen LogP contribution >= 0.6 is 11.3 Å². The first kappa shape index (κ1) is 12.8. The number of thiazole rings is 1. The largest absolute Gasteiger partial charge is 0.464 e. The molecule has 1 atom stereocenters. The van der Waals surface area contributed by atoms with Crippen LogP contribution in [0.3, 0.4) is 0 Å². The van der Waals surface area contributed by atoms with Crippen molar-refractivity contribution in [3.8, 4) is 0 Å². The molecule has 0 aliphatic heterocycles. The number of esters is 1. The summed E-state index contributed by atoms with van der Waals surface area (Å²) in [4.78, 5) is 26.6. The molecule has 0 bridgehead atoms. The van der Waals surface area contributed by atoms with E-state index >= 15 is 0 Å². The van der Waals surface area contributed by atoms with Gasteiger partial charge in [-0.1, -0.05) is 0 Å². The van der Waals surface area contributed by atoms with Crippen molar-refractivity contribution in [2.45, 2.75) is 25.9 Å². The first-order valence-corrected chi connectivity index (χ1v) is 5.67. The minimum atomic E-state index is -1.95. The van der Waals surface area contributed by atoms with Gasteiger partial charge in [0.1, 0.15) is 10.8 Å². The number of ether oxygens (including phenoxy) is 1. The second kappa shape index (κ2) is 5.18. The average molecular weight is 243 g/mol. The Morgan fingerprint density at radius 1 is 1.62 bits per heavy atom. The maximum Gasteiger partial charge on any atom is 0.345 e. The first-order chi connectivity index (χ1) is 7.50. The molecule has 0 spiro atoms. The molecule has 0 saturated heterocycles. The highest BCUT2D eigenvalue weighted by molar-refractivity contribution is 7.09. The van der Waals surface area contributed by atoms with Crippen molar-refractivity contribution in [1.82, 2.24) is 4.98 Å². The molecule has 1 rings (SSSR count). The van der Waals surface area contributed by atoms with Crippen LogP contribution in [0.15, 0.2) is 11.6 Å². The van der Waals surface area contributed by atoms with Gasteiger partial charge in [0.15, 0.2) is 0 Å². The molecule has 1 unspecified atom stereocenters. The second-order valence-electron chi connectivity index (χ2n) is 3.30. The molecule has 0 amide bonds. The van der Waals surface area contributed by atoms with Crippen molar-refractivity contribution in [2.75, 3.05) is 6.61 Å². The molecule has 0 saturated carbocycles. The standard InChI is InChI=1S/C10H13NO4S/c1-3-15-9(13)10(14,6-7(2)12)8-11-4-5-16-8/h4-5,14H,3,6H2,1-2H3. The van der Waals surface area contributed by atoms with Crippen LogP contribution in [0.25, 0.3) is 0 Å². The highest BCUT2D eigenvalue weighted by Crippen LogP contribution is 2.28. The number of aromatic nitrogens is 1. The van der Waals surface area contributed by atoms with Crippen molar-refractivity contribution < 1.29 is 19.4 Å². The maximum atomic E-state index is 11.6. The third kappa shape index (κ3) is 2.65. The van der Waals surface area contributed by atoms with Crippen molar-refractivity contribution >= 4 is 23.1 Å². The zero-order valence-electron chi connectivity index (χ0n) is 9.10. The Hall–Kier alpha value is -1.27. The molecule has 0 aromatic carbocycles. The molecular formula is C10H13NO4S. The third-order valence-corrected chi connectivity index (χ3v) is 2.83. The van der Waals surface area contributed by atoms with E-state index in [2.05, 4.69) is 4.98 Å². The van der Waals surface area contributed by atoms with Crippen LogP contribution in [0, 0.1) is 0 Å². The molecule has 16 heavy (non-hydrogen) atoms. The Morgan fingerprint density at radius 3 is 2.75 bits per heavy atom. The van der Waals surface area contributed by atoms with E-state index in [9.17, 15) is 14.7 Å². The Kier molecular flexibility index (Phi) is 4.14. The predicted molar refractivity (Wildman–Crippen MR) is 57.9 cm³/mol. The molecule has 1 heterocycles. The summed E-state index contributed by atoms with van der Waals surface area (Å²) in [5, 5.41) is 12.0. The lowest BCUT2D eigenvalue weighted by molar-refractivity contribution is -0.168. The van der Waals surface area contributed by atoms with Crippen LogP contribution in [0.5, 0.6) is 0 Å². The lowest BCUT2D eigenvalue weighted by atomic mass is 9.98. The van der Waals surface area contributed by atoms with Crippen molar-refractivity contribution in [2.24, 2.45) is 0 Å². The van der Waals surface area contributed by atoms with Crippen LogP contribution in [0.1, 0.15) is 25.3 Å². The molecule has 0 fully saturated rings. The van der Waals surface area contributed by atoms with E-state index in [-0.39, 0.29) is 23.8 Å². The van der Waals surface area contributed by atoms with E-state index in [4.69, 9.17) is 4.74 Å². The van der Waals surface area contributed by atoms with Gasteiger partial charge >= 0.3 is 5.97 Å². The zero-order valence-corrected chi connectivity index (χ0v) is 9.91. The molecule has 0 radical (unpaired) electrons. The predicted octanol–water partition coefficient (Wildman–Crippen LogP) is 0.873. The number of aliphatic hydroxyl groups is 1. The molecule has 0 aliphatic carbocycles. The van der Waals surface area contributed by atoms with Crippen LogP contribution in [0.2, 0.25) is 0 Å². The Morgan fingerprint density at radius 2 is 2.31 bits per heavy atom. The van der Waals surface area contributed by atoms with Crippen LogP contribution in [-0.2, 0) is 19.9 Å². The molecule has 1 aromatic heterocycles. The van der Waals surface area contributed by atoms with Crippen molar-refractivity contribution in [3.63, 3.8) is 0 Å². The summed E-state index contributed by atoms with van der Waals surface area (Å²) in [7, 11) is 0. The van der Waals surface area contributed by atoms with Gasteiger partial charge in [0, 0.05) is 11.6 Å². The summed E-state index contributed by atoms with van der Waals surface area (Å²) in [6, 6.07) is 0. The van der Waals surface area contributed by atoms with Crippen LogP contribution < -0.4 is 0 Å². The SMILES string of the molecule is CCOC(=O)C(O)(CC(C)=O)c1nccs1. The Bertz CT molecular complexity index is 376. The summed E-state index contributed by atoms with van der Waals surface area (Å²) in [6.45, 7) is 3.08. The number of hydrogen-bond acceptors (Lipinski definition) is 6. The van der Waals surface area contributed by atoms with E-state index in [1.807, 2.05) is 0 Å². The highest BCUT2D eigenvalue weighted by atomic mass is 32.1. The van der Waals surface area contributed by atoms with E-state index in [1.54, 1.807) is 12.3 Å². The molecule has 1 N–H and O–H groups in total. The van der Waals surface area contributed by atoms with Gasteiger partial charge in [0.25, 0.3) is 0 Å². The van der Waals surface area contributed by atoms with E-state index in [1.165, 1.54) is 13.1 Å². The maximum absolute atomic E-state index is 11.6. The summed E-state index contributed by atoms with van der Waals surface area (Å²) >= 11 is 1.11. The Labute approximate surface area is 97.1 Å². The van der Waals surface area contributed by atoms with Gasteiger partial charge in [0.05, 0.1) is 13.0 Å². The number of Topliss-reactive ketones (excluding diaryl/α,β-unsaturated/α-hetero) is 1. The minimum Gasteiger partial charge on any atom is -0.464 e. The fraction of sp³-hybridized carbons (Fsp3) is 0.500. The zero-order chi connectivity index (χ0) is 12.2. The topological polar surface area (TPSA) is 76.5 Å². The smallest absolute Gasteiger partial charge is 0.345 e. The highest BCUT2D eigenvalue weighted by Gasteiger charge is 2.43. The normalized spacial score (nSPS) is 14.2. The number of nitrogens with zero attached hydrogens (tertiary/aromatic N) is 1. The molecule has 5 nitrogen and oxygen atoms in total. The minimum absolute atomic E-state index is 0.143. The van der Waals surface area contributed by atoms with Gasteiger partial charge in [-0.15, -0.1) is 11.3 Å². The lowest BCUT2D eigenvalue weighted by Gasteiger charge is -2.22. The third-order valence-electron chi connectivity index (χ3n) is 1.90. The molecule has 0 aliphatic rings. The van der Waals surface area contributed by atoms with E-state index < -0.39 is 11.6 Å². The number of hydrogen-bond donors (Lipinski definition) is 1. The Balaban J connectivity index is 3.02. The van der Waals surface area contributed by atoms with Gasteiger partial charge in [-0.05, 0) is 13.8 Å². The van der Waals surface area contributed by atoms with Crippen LogP contribution in [-0.4, -0.2) is 28.4 Å². The molecule has 88 valence electrons. The summed E-state index contributed by atoms with van der Waals surface area (Å²) in [5.74, 6) is -1.13. The van der Waals surface area contributed by atoms with Gasteiger partial charge in [0.2, 0.25) is 5.60 Å². The number of carbonyl (C=O) groups is 2. The van der Waals surface area contributed by atoms with Crippen LogP contribution in [0.4, 0.5) is 0 Å². The van der Waals surface area contributed by atoms with Gasteiger partial charge < -0.3 is 9.84 Å². The number of rotatable bonds is 5. The van der Waals surface area contributed by atoms with E-state index in [0.717, 1.165) is 11.3 Å². The summed E-state index contributed by atoms with van der Waals surface area (Å²) in [6.07, 6.45) is 1.14. The molecule has 1 aromatic rings. The summed E-state index contributed by atoms with van der Waals surface area (Å²) < 4.78 is 4.76. The average Bonchev–Trinajstić information content (AvgIpc) is 2.69. The van der Waals surface area contributed by atoms with Gasteiger partial charge in [-0.2, -0.15) is 0 Å².